The molecule has 0 radical (unpaired) electrons. The third-order valence-electron chi connectivity index (χ3n) is 3.36. The van der Waals surface area contributed by atoms with Crippen molar-refractivity contribution in [3.05, 3.63) is 65.7 Å². The number of rotatable bonds is 5. The molecular formula is C18H22BrMgN. The van der Waals surface area contributed by atoms with Crippen LogP contribution < -0.4 is 21.9 Å². The molecule has 0 spiro atoms. The summed E-state index contributed by atoms with van der Waals surface area (Å²) < 4.78 is 0. The number of nitrogens with zero attached hydrogens (tertiary/aromatic N) is 1. The fourth-order valence-corrected chi connectivity index (χ4v) is 2.17. The first-order chi connectivity index (χ1) is 9.20. The SMILES string of the molecule is CCN(Cc1ccccc1)c1[c-]c(C(C)C)ccc1.[Br-].[Mg+2]. The fourth-order valence-electron chi connectivity index (χ4n) is 2.17. The van der Waals surface area contributed by atoms with E-state index in [4.69, 9.17) is 0 Å². The van der Waals surface area contributed by atoms with Gasteiger partial charge in [-0.1, -0.05) is 49.9 Å². The second kappa shape index (κ2) is 10.3. The zero-order chi connectivity index (χ0) is 13.7. The summed E-state index contributed by atoms with van der Waals surface area (Å²) in [6, 6.07) is 20.6. The quantitative estimate of drug-likeness (QED) is 0.576. The Labute approximate surface area is 155 Å². The van der Waals surface area contributed by atoms with E-state index in [1.165, 1.54) is 16.8 Å². The van der Waals surface area contributed by atoms with Crippen LogP contribution in [0.2, 0.25) is 0 Å². The van der Waals surface area contributed by atoms with E-state index in [1.54, 1.807) is 0 Å². The van der Waals surface area contributed by atoms with Crippen LogP contribution in [-0.2, 0) is 6.54 Å². The topological polar surface area (TPSA) is 3.24 Å². The molecule has 0 saturated heterocycles. The Hall–Kier alpha value is -0.514. The predicted molar refractivity (Wildman–Crippen MR) is 88.3 cm³/mol. The Balaban J connectivity index is 0.00000200. The summed E-state index contributed by atoms with van der Waals surface area (Å²) in [6.07, 6.45) is 0. The average Bonchev–Trinajstić information content (AvgIpc) is 2.46. The molecule has 0 atom stereocenters. The molecule has 0 amide bonds. The van der Waals surface area contributed by atoms with E-state index in [9.17, 15) is 0 Å². The van der Waals surface area contributed by atoms with Crippen molar-refractivity contribution in [2.75, 3.05) is 11.4 Å². The fraction of sp³-hybridized carbons (Fsp3) is 0.333. The van der Waals surface area contributed by atoms with Gasteiger partial charge < -0.3 is 21.9 Å². The normalized spacial score (nSPS) is 9.71. The number of benzene rings is 2. The van der Waals surface area contributed by atoms with E-state index in [0.717, 1.165) is 13.1 Å². The standard InChI is InChI=1S/C18H22N.BrH.Mg/c1-4-19(14-16-9-6-5-7-10-16)18-12-8-11-17(13-18)15(2)3;;/h5-12,15H,4,14H2,1-3H3;1H;/q-1;;+2/p-1. The maximum atomic E-state index is 3.54. The molecule has 108 valence electrons. The van der Waals surface area contributed by atoms with Crippen LogP contribution in [-0.4, -0.2) is 29.6 Å². The third kappa shape index (κ3) is 6.01. The van der Waals surface area contributed by atoms with Gasteiger partial charge in [0.1, 0.15) is 0 Å². The first kappa shape index (κ1) is 20.5. The molecule has 0 N–H and O–H groups in total. The largest absolute Gasteiger partial charge is 2.00 e. The number of hydrogen-bond donors (Lipinski definition) is 0. The first-order valence-corrected chi connectivity index (χ1v) is 7.01. The summed E-state index contributed by atoms with van der Waals surface area (Å²) >= 11 is 0. The maximum absolute atomic E-state index is 3.54. The molecule has 3 heteroatoms. The minimum absolute atomic E-state index is 0. The smallest absolute Gasteiger partial charge is 1.00 e. The van der Waals surface area contributed by atoms with Crippen LogP contribution in [0.4, 0.5) is 5.69 Å². The van der Waals surface area contributed by atoms with Crippen molar-refractivity contribution in [3.63, 3.8) is 0 Å². The summed E-state index contributed by atoms with van der Waals surface area (Å²) in [6.45, 7) is 8.55. The maximum Gasteiger partial charge on any atom is 2.00 e. The Bertz CT molecular complexity index is 514. The van der Waals surface area contributed by atoms with Gasteiger partial charge in [-0.15, -0.1) is 6.07 Å². The zero-order valence-corrected chi connectivity index (χ0v) is 16.1. The van der Waals surface area contributed by atoms with Crippen LogP contribution in [0.5, 0.6) is 0 Å². The Morgan fingerprint density at radius 2 is 1.67 bits per heavy atom. The van der Waals surface area contributed by atoms with Gasteiger partial charge in [-0.2, -0.15) is 23.8 Å². The number of anilines is 1. The zero-order valence-electron chi connectivity index (χ0n) is 13.1. The van der Waals surface area contributed by atoms with E-state index >= 15 is 0 Å². The van der Waals surface area contributed by atoms with Crippen molar-refractivity contribution in [2.45, 2.75) is 33.2 Å². The van der Waals surface area contributed by atoms with Gasteiger partial charge in [-0.25, -0.2) is 0 Å². The molecule has 0 aromatic heterocycles. The minimum Gasteiger partial charge on any atom is -1.00 e. The van der Waals surface area contributed by atoms with Gasteiger partial charge in [0.05, 0.1) is 0 Å². The minimum atomic E-state index is 0. The molecular weight excluding hydrogens is 334 g/mol. The van der Waals surface area contributed by atoms with Gasteiger partial charge in [0.2, 0.25) is 0 Å². The third-order valence-corrected chi connectivity index (χ3v) is 3.36. The van der Waals surface area contributed by atoms with E-state index in [-0.39, 0.29) is 40.0 Å². The summed E-state index contributed by atoms with van der Waals surface area (Å²) in [5.41, 5.74) is 3.81. The molecule has 0 bridgehead atoms. The van der Waals surface area contributed by atoms with Crippen LogP contribution >= 0.6 is 0 Å². The van der Waals surface area contributed by atoms with Crippen LogP contribution in [0.15, 0.2) is 48.5 Å². The van der Waals surface area contributed by atoms with Crippen molar-refractivity contribution in [1.82, 2.24) is 0 Å². The Morgan fingerprint density at radius 1 is 1.00 bits per heavy atom. The number of hydrogen-bond acceptors (Lipinski definition) is 1. The summed E-state index contributed by atoms with van der Waals surface area (Å²) in [7, 11) is 0. The Kier molecular flexibility index (Phi) is 10.0. The van der Waals surface area contributed by atoms with Crippen molar-refractivity contribution in [2.24, 2.45) is 0 Å². The second-order valence-corrected chi connectivity index (χ2v) is 5.15. The van der Waals surface area contributed by atoms with Crippen molar-refractivity contribution >= 4 is 28.7 Å². The Morgan fingerprint density at radius 3 is 2.24 bits per heavy atom. The summed E-state index contributed by atoms with van der Waals surface area (Å²) in [5, 5.41) is 0. The molecule has 0 unspecified atom stereocenters. The van der Waals surface area contributed by atoms with Gasteiger partial charge in [0, 0.05) is 13.1 Å². The summed E-state index contributed by atoms with van der Waals surface area (Å²) in [4.78, 5) is 2.36. The predicted octanol–water partition coefficient (Wildman–Crippen LogP) is 1.26. The molecule has 0 aliphatic carbocycles. The molecule has 0 aliphatic heterocycles. The first-order valence-electron chi connectivity index (χ1n) is 7.01. The molecule has 2 rings (SSSR count). The van der Waals surface area contributed by atoms with Crippen molar-refractivity contribution < 1.29 is 17.0 Å². The monoisotopic (exact) mass is 355 g/mol. The van der Waals surface area contributed by atoms with Gasteiger partial charge in [-0.05, 0) is 18.4 Å². The van der Waals surface area contributed by atoms with Crippen molar-refractivity contribution in [1.29, 1.82) is 0 Å². The van der Waals surface area contributed by atoms with Crippen molar-refractivity contribution in [3.8, 4) is 0 Å². The summed E-state index contributed by atoms with van der Waals surface area (Å²) in [5.74, 6) is 0.524. The second-order valence-electron chi connectivity index (χ2n) is 5.15. The van der Waals surface area contributed by atoms with E-state index in [0.29, 0.717) is 5.92 Å². The molecule has 0 heterocycles. The van der Waals surface area contributed by atoms with E-state index in [2.05, 4.69) is 80.3 Å². The molecule has 21 heavy (non-hydrogen) atoms. The van der Waals surface area contributed by atoms with Gasteiger partial charge in [0.25, 0.3) is 0 Å². The van der Waals surface area contributed by atoms with Crippen LogP contribution in [0.3, 0.4) is 0 Å². The van der Waals surface area contributed by atoms with Crippen LogP contribution in [0.25, 0.3) is 0 Å². The van der Waals surface area contributed by atoms with Gasteiger partial charge in [0.15, 0.2) is 0 Å². The number of halogens is 1. The molecule has 0 saturated carbocycles. The molecule has 2 aromatic carbocycles. The average molecular weight is 357 g/mol. The molecule has 0 aliphatic rings. The van der Waals surface area contributed by atoms with E-state index < -0.39 is 0 Å². The van der Waals surface area contributed by atoms with Crippen LogP contribution in [0.1, 0.15) is 37.8 Å². The molecule has 0 fully saturated rings. The van der Waals surface area contributed by atoms with Gasteiger partial charge in [-0.3, -0.25) is 0 Å². The van der Waals surface area contributed by atoms with Crippen LogP contribution in [0, 0.1) is 6.07 Å². The van der Waals surface area contributed by atoms with E-state index in [1.807, 2.05) is 0 Å². The molecule has 2 aromatic rings. The van der Waals surface area contributed by atoms with Gasteiger partial charge >= 0.3 is 23.1 Å². The molecule has 1 nitrogen and oxygen atoms in total.